The maximum Gasteiger partial charge on any atom is 0.347 e. The van der Waals surface area contributed by atoms with E-state index in [-0.39, 0.29) is 17.4 Å². The predicted molar refractivity (Wildman–Crippen MR) is 171 cm³/mol. The lowest BCUT2D eigenvalue weighted by atomic mass is 10.0. The lowest BCUT2D eigenvalue weighted by Crippen LogP contribution is -2.28. The number of carbonyl (C=O) groups excluding carboxylic acids is 3. The van der Waals surface area contributed by atoms with Crippen LogP contribution in [0.5, 0.6) is 5.75 Å². The van der Waals surface area contributed by atoms with Crippen LogP contribution in [0.25, 0.3) is 11.4 Å². The molecule has 0 aliphatic carbocycles. The highest BCUT2D eigenvalue weighted by Crippen LogP contribution is 2.19. The van der Waals surface area contributed by atoms with Gasteiger partial charge in [-0.15, -0.1) is 0 Å². The summed E-state index contributed by atoms with van der Waals surface area (Å²) in [5.41, 5.74) is 2.53. The first-order chi connectivity index (χ1) is 21.3. The van der Waals surface area contributed by atoms with Gasteiger partial charge in [0, 0.05) is 18.0 Å². The van der Waals surface area contributed by atoms with Crippen LogP contribution < -0.4 is 4.74 Å². The zero-order chi connectivity index (χ0) is 31.7. The number of aromatic nitrogens is 2. The van der Waals surface area contributed by atoms with Crippen molar-refractivity contribution in [2.45, 2.75) is 111 Å². The molecule has 2 aromatic carbocycles. The number of aryl methyl sites for hydroxylation is 1. The lowest BCUT2D eigenvalue weighted by molar-refractivity contribution is -0.156. The van der Waals surface area contributed by atoms with Crippen LogP contribution in [-0.2, 0) is 20.7 Å². The number of nitrogens with zero attached hydrogens (tertiary/aromatic N) is 2. The molecule has 3 aromatic rings. The van der Waals surface area contributed by atoms with E-state index in [1.165, 1.54) is 89.0 Å². The third kappa shape index (κ3) is 11.9. The van der Waals surface area contributed by atoms with Crippen molar-refractivity contribution < 1.29 is 28.6 Å². The minimum atomic E-state index is -1.04. The van der Waals surface area contributed by atoms with Crippen molar-refractivity contribution in [3.8, 4) is 17.1 Å². The fourth-order valence-corrected chi connectivity index (χ4v) is 4.63. The van der Waals surface area contributed by atoms with E-state index in [0.717, 1.165) is 24.0 Å². The number of rotatable bonds is 18. The van der Waals surface area contributed by atoms with E-state index in [1.54, 1.807) is 38.1 Å². The van der Waals surface area contributed by atoms with Gasteiger partial charge in [-0.05, 0) is 75.6 Å². The molecule has 1 heterocycles. The van der Waals surface area contributed by atoms with Gasteiger partial charge in [-0.2, -0.15) is 0 Å². The average Bonchev–Trinajstić information content (AvgIpc) is 3.02. The quantitative estimate of drug-likeness (QED) is 0.0813. The third-order valence-corrected chi connectivity index (χ3v) is 7.17. The molecule has 3 rings (SSSR count). The van der Waals surface area contributed by atoms with Gasteiger partial charge in [-0.25, -0.2) is 24.4 Å². The molecule has 0 radical (unpaired) electrons. The van der Waals surface area contributed by atoms with Gasteiger partial charge >= 0.3 is 17.9 Å². The molecule has 8 heteroatoms. The number of hydrogen-bond donors (Lipinski definition) is 0. The highest BCUT2D eigenvalue weighted by Gasteiger charge is 2.21. The number of ether oxygens (including phenoxy) is 3. The van der Waals surface area contributed by atoms with Gasteiger partial charge in [-0.3, -0.25) is 0 Å². The Morgan fingerprint density at radius 2 is 1.18 bits per heavy atom. The first-order valence-electron chi connectivity index (χ1n) is 15.9. The second-order valence-corrected chi connectivity index (χ2v) is 11.4. The van der Waals surface area contributed by atoms with Gasteiger partial charge in [0.05, 0.1) is 17.2 Å². The first kappa shape index (κ1) is 34.4. The van der Waals surface area contributed by atoms with E-state index < -0.39 is 24.0 Å². The van der Waals surface area contributed by atoms with Crippen molar-refractivity contribution >= 4 is 17.9 Å². The molecular formula is C36H46N2O6. The summed E-state index contributed by atoms with van der Waals surface area (Å²) in [4.78, 5) is 45.9. The maximum absolute atomic E-state index is 12.7. The van der Waals surface area contributed by atoms with E-state index >= 15 is 0 Å². The molecule has 8 nitrogen and oxygen atoms in total. The summed E-state index contributed by atoms with van der Waals surface area (Å²) >= 11 is 0. The molecule has 1 aromatic heterocycles. The molecule has 0 saturated heterocycles. The van der Waals surface area contributed by atoms with Gasteiger partial charge in [0.15, 0.2) is 11.9 Å². The second-order valence-electron chi connectivity index (χ2n) is 11.4. The van der Waals surface area contributed by atoms with E-state index in [1.807, 2.05) is 12.4 Å². The highest BCUT2D eigenvalue weighted by atomic mass is 16.6. The summed E-state index contributed by atoms with van der Waals surface area (Å²) in [7, 11) is 0. The monoisotopic (exact) mass is 602 g/mol. The van der Waals surface area contributed by atoms with E-state index in [0.29, 0.717) is 11.4 Å². The standard InChI is InChI=1S/C36H46N2O6/c1-5-6-7-8-9-10-11-12-13-14-15-28-24-37-33(38-25-28)29-16-18-30(19-17-29)36(41)44-32-22-20-31(21-23-32)35(40)43-27(4)34(39)42-26(2)3/h16-27H,5-15H2,1-4H3/t27-/m0/s1. The van der Waals surface area contributed by atoms with Gasteiger partial charge in [-0.1, -0.05) is 76.8 Å². The van der Waals surface area contributed by atoms with Crippen LogP contribution in [0, 0.1) is 0 Å². The Kier molecular flexibility index (Phi) is 14.5. The zero-order valence-electron chi connectivity index (χ0n) is 26.6. The van der Waals surface area contributed by atoms with E-state index in [9.17, 15) is 14.4 Å². The highest BCUT2D eigenvalue weighted by molar-refractivity contribution is 5.93. The molecule has 0 saturated carbocycles. The lowest BCUT2D eigenvalue weighted by Gasteiger charge is -2.14. The van der Waals surface area contributed by atoms with Crippen molar-refractivity contribution in [1.82, 2.24) is 9.97 Å². The number of hydrogen-bond acceptors (Lipinski definition) is 8. The van der Waals surface area contributed by atoms with Gasteiger partial charge < -0.3 is 14.2 Å². The summed E-state index contributed by atoms with van der Waals surface area (Å²) in [5.74, 6) is -0.964. The molecule has 0 aliphatic heterocycles. The largest absolute Gasteiger partial charge is 0.460 e. The first-order valence-corrected chi connectivity index (χ1v) is 15.9. The SMILES string of the molecule is CCCCCCCCCCCCc1cnc(-c2ccc(C(=O)Oc3ccc(C(=O)O[C@@H](C)C(=O)OC(C)C)cc3)cc2)nc1. The Hall–Kier alpha value is -4.07. The number of carbonyl (C=O) groups is 3. The topological polar surface area (TPSA) is 105 Å². The Morgan fingerprint density at radius 3 is 1.75 bits per heavy atom. The number of benzene rings is 2. The van der Waals surface area contributed by atoms with Crippen LogP contribution in [-0.4, -0.2) is 40.1 Å². The minimum Gasteiger partial charge on any atom is -0.460 e. The third-order valence-electron chi connectivity index (χ3n) is 7.17. The average molecular weight is 603 g/mol. The number of unbranched alkanes of at least 4 members (excludes halogenated alkanes) is 9. The van der Waals surface area contributed by atoms with Crippen LogP contribution in [0.3, 0.4) is 0 Å². The summed E-state index contributed by atoms with van der Waals surface area (Å²) in [6, 6.07) is 12.8. The van der Waals surface area contributed by atoms with Crippen LogP contribution in [0.2, 0.25) is 0 Å². The van der Waals surface area contributed by atoms with Crippen LogP contribution in [0.15, 0.2) is 60.9 Å². The van der Waals surface area contributed by atoms with Crippen LogP contribution >= 0.6 is 0 Å². The molecule has 236 valence electrons. The molecule has 0 fully saturated rings. The van der Waals surface area contributed by atoms with Crippen molar-refractivity contribution in [3.63, 3.8) is 0 Å². The summed E-state index contributed by atoms with van der Waals surface area (Å²) < 4.78 is 15.7. The molecule has 1 atom stereocenters. The van der Waals surface area contributed by atoms with Crippen molar-refractivity contribution in [1.29, 1.82) is 0 Å². The van der Waals surface area contributed by atoms with Crippen LogP contribution in [0.4, 0.5) is 0 Å². The Balaban J connectivity index is 1.41. The van der Waals surface area contributed by atoms with Gasteiger partial charge in [0.1, 0.15) is 5.75 Å². The smallest absolute Gasteiger partial charge is 0.347 e. The Labute approximate surface area is 261 Å². The number of esters is 3. The molecule has 0 amide bonds. The van der Waals surface area contributed by atoms with Crippen molar-refractivity contribution in [2.24, 2.45) is 0 Å². The molecule has 44 heavy (non-hydrogen) atoms. The Morgan fingerprint density at radius 1 is 0.659 bits per heavy atom. The summed E-state index contributed by atoms with van der Waals surface area (Å²) in [6.07, 6.45) is 16.5. The summed E-state index contributed by atoms with van der Waals surface area (Å²) in [5, 5.41) is 0. The molecule has 0 bridgehead atoms. The fourth-order valence-electron chi connectivity index (χ4n) is 4.63. The predicted octanol–water partition coefficient (Wildman–Crippen LogP) is 8.32. The minimum absolute atomic E-state index is 0.216. The van der Waals surface area contributed by atoms with Crippen LogP contribution in [0.1, 0.15) is 118 Å². The molecule has 0 aliphatic rings. The Bertz CT molecular complexity index is 1300. The molecule has 0 N–H and O–H groups in total. The summed E-state index contributed by atoms with van der Waals surface area (Å²) in [6.45, 7) is 7.14. The van der Waals surface area contributed by atoms with Gasteiger partial charge in [0.2, 0.25) is 0 Å². The molecule has 0 spiro atoms. The molecular weight excluding hydrogens is 556 g/mol. The van der Waals surface area contributed by atoms with Crippen molar-refractivity contribution in [3.05, 3.63) is 77.6 Å². The maximum atomic E-state index is 12.7. The van der Waals surface area contributed by atoms with Crippen molar-refractivity contribution in [2.75, 3.05) is 0 Å². The fraction of sp³-hybridized carbons (Fsp3) is 0.472. The second kappa shape index (κ2) is 18.6. The zero-order valence-corrected chi connectivity index (χ0v) is 26.6. The van der Waals surface area contributed by atoms with E-state index in [4.69, 9.17) is 14.2 Å². The normalized spacial score (nSPS) is 11.7. The van der Waals surface area contributed by atoms with E-state index in [2.05, 4.69) is 16.9 Å². The molecule has 0 unspecified atom stereocenters. The van der Waals surface area contributed by atoms with Gasteiger partial charge in [0.25, 0.3) is 0 Å².